The van der Waals surface area contributed by atoms with Crippen LogP contribution in [0.25, 0.3) is 11.1 Å². The highest BCUT2D eigenvalue weighted by Crippen LogP contribution is 2.18. The maximum absolute atomic E-state index is 13.2. The van der Waals surface area contributed by atoms with Crippen molar-refractivity contribution in [2.75, 3.05) is 0 Å². The van der Waals surface area contributed by atoms with E-state index >= 15 is 0 Å². The molecule has 2 N–H and O–H groups in total. The number of ether oxygens (including phenoxy) is 1. The van der Waals surface area contributed by atoms with Crippen LogP contribution in [0.5, 0.6) is 0 Å². The van der Waals surface area contributed by atoms with Crippen molar-refractivity contribution in [3.05, 3.63) is 66.1 Å². The molecule has 1 heterocycles. The fourth-order valence-corrected chi connectivity index (χ4v) is 3.71. The van der Waals surface area contributed by atoms with Crippen molar-refractivity contribution >= 4 is 28.9 Å². The Bertz CT molecular complexity index is 1110. The largest absolute Gasteiger partial charge is 0.445 e. The number of alkyl carbamates (subject to hydrolysis) is 1. The molecule has 186 valence electrons. The number of oxazole rings is 1. The Balaban J connectivity index is 1.70. The summed E-state index contributed by atoms with van der Waals surface area (Å²) < 4.78 is 10.9. The van der Waals surface area contributed by atoms with E-state index in [1.807, 2.05) is 64.1 Å². The van der Waals surface area contributed by atoms with E-state index in [0.717, 1.165) is 5.56 Å². The van der Waals surface area contributed by atoms with Crippen molar-refractivity contribution in [3.8, 4) is 0 Å². The van der Waals surface area contributed by atoms with Gasteiger partial charge >= 0.3 is 6.09 Å². The van der Waals surface area contributed by atoms with E-state index in [-0.39, 0.29) is 24.3 Å². The molecule has 0 aliphatic rings. The molecule has 0 saturated carbocycles. The number of hydrogen-bond donors (Lipinski definition) is 2. The maximum atomic E-state index is 13.2. The molecule has 0 aliphatic heterocycles. The number of benzene rings is 2. The van der Waals surface area contributed by atoms with Crippen LogP contribution in [0.2, 0.25) is 0 Å². The van der Waals surface area contributed by atoms with Gasteiger partial charge in [-0.3, -0.25) is 9.59 Å². The van der Waals surface area contributed by atoms with Gasteiger partial charge in [0.2, 0.25) is 11.7 Å². The Morgan fingerprint density at radius 3 is 2.14 bits per heavy atom. The average molecular weight is 480 g/mol. The van der Waals surface area contributed by atoms with Gasteiger partial charge in [0, 0.05) is 0 Å². The number of carbonyl (C=O) groups is 3. The molecule has 2 atom stereocenters. The molecule has 0 aliphatic carbocycles. The Kier molecular flexibility index (Phi) is 9.00. The van der Waals surface area contributed by atoms with Crippen LogP contribution in [-0.4, -0.2) is 34.9 Å². The third-order valence-electron chi connectivity index (χ3n) is 5.37. The van der Waals surface area contributed by atoms with Crippen LogP contribution in [0.15, 0.2) is 59.0 Å². The van der Waals surface area contributed by atoms with E-state index in [9.17, 15) is 14.4 Å². The summed E-state index contributed by atoms with van der Waals surface area (Å²) >= 11 is 0. The highest BCUT2D eigenvalue weighted by molar-refractivity contribution is 6.00. The third-order valence-corrected chi connectivity index (χ3v) is 5.37. The predicted molar refractivity (Wildman–Crippen MR) is 133 cm³/mol. The van der Waals surface area contributed by atoms with Crippen molar-refractivity contribution < 1.29 is 23.5 Å². The number of fused-ring (bicyclic) bond motifs is 1. The van der Waals surface area contributed by atoms with Crippen LogP contribution in [0.4, 0.5) is 4.79 Å². The lowest BCUT2D eigenvalue weighted by Crippen LogP contribution is -2.52. The van der Waals surface area contributed by atoms with Gasteiger partial charge in [0.25, 0.3) is 5.89 Å². The number of rotatable bonds is 11. The lowest BCUT2D eigenvalue weighted by Gasteiger charge is -2.24. The Morgan fingerprint density at radius 1 is 0.857 bits per heavy atom. The minimum atomic E-state index is -0.857. The molecular formula is C27H33N3O5. The van der Waals surface area contributed by atoms with Crippen LogP contribution >= 0.6 is 0 Å². The van der Waals surface area contributed by atoms with Crippen LogP contribution < -0.4 is 10.6 Å². The first kappa shape index (κ1) is 25.9. The zero-order valence-electron chi connectivity index (χ0n) is 20.6. The lowest BCUT2D eigenvalue weighted by molar-refractivity contribution is -0.124. The van der Waals surface area contributed by atoms with Gasteiger partial charge < -0.3 is 19.8 Å². The first-order valence-corrected chi connectivity index (χ1v) is 11.9. The molecule has 35 heavy (non-hydrogen) atoms. The van der Waals surface area contributed by atoms with Crippen molar-refractivity contribution in [1.82, 2.24) is 15.6 Å². The molecule has 0 bridgehead atoms. The number of hydrogen-bond acceptors (Lipinski definition) is 6. The average Bonchev–Trinajstić information content (AvgIpc) is 3.26. The number of ketones is 1. The van der Waals surface area contributed by atoms with E-state index in [1.165, 1.54) is 0 Å². The minimum Gasteiger partial charge on any atom is -0.445 e. The molecule has 8 nitrogen and oxygen atoms in total. The number of nitrogens with zero attached hydrogens (tertiary/aromatic N) is 1. The molecule has 3 aromatic rings. The second kappa shape index (κ2) is 12.1. The molecule has 3 rings (SSSR count). The lowest BCUT2D eigenvalue weighted by atomic mass is 9.98. The van der Waals surface area contributed by atoms with Gasteiger partial charge in [-0.15, -0.1) is 0 Å². The summed E-state index contributed by atoms with van der Waals surface area (Å²) in [6, 6.07) is 14.7. The van der Waals surface area contributed by atoms with Crippen molar-refractivity contribution in [2.24, 2.45) is 11.8 Å². The molecule has 2 amide bonds. The smallest absolute Gasteiger partial charge is 0.408 e. The van der Waals surface area contributed by atoms with Gasteiger partial charge in [-0.2, -0.15) is 0 Å². The van der Waals surface area contributed by atoms with Crippen molar-refractivity contribution in [1.29, 1.82) is 0 Å². The fraction of sp³-hybridized carbons (Fsp3) is 0.407. The van der Waals surface area contributed by atoms with E-state index in [4.69, 9.17) is 9.15 Å². The number of carbonyl (C=O) groups excluding carboxylic acids is 3. The quantitative estimate of drug-likeness (QED) is 0.379. The number of para-hydroxylation sites is 2. The van der Waals surface area contributed by atoms with E-state index in [1.54, 1.807) is 18.2 Å². The third kappa shape index (κ3) is 7.67. The first-order valence-electron chi connectivity index (χ1n) is 11.9. The SMILES string of the molecule is CC(C)C[C@H](NC(=O)OCc1ccccc1)C(=O)N[C@@H](CC(C)C)C(=O)c1nc2ccccc2o1. The highest BCUT2D eigenvalue weighted by Gasteiger charge is 2.31. The molecule has 8 heteroatoms. The number of aromatic nitrogens is 1. The topological polar surface area (TPSA) is 111 Å². The zero-order valence-corrected chi connectivity index (χ0v) is 20.6. The number of Topliss-reactive ketones (excluding diaryl/α,β-unsaturated/α-hetero) is 1. The second-order valence-corrected chi connectivity index (χ2v) is 9.43. The highest BCUT2D eigenvalue weighted by atomic mass is 16.5. The normalized spacial score (nSPS) is 13.0. The van der Waals surface area contributed by atoms with Gasteiger partial charge in [0.1, 0.15) is 18.2 Å². The van der Waals surface area contributed by atoms with Crippen molar-refractivity contribution in [3.63, 3.8) is 0 Å². The van der Waals surface area contributed by atoms with Crippen molar-refractivity contribution in [2.45, 2.75) is 59.2 Å². The number of nitrogens with one attached hydrogen (secondary N) is 2. The summed E-state index contributed by atoms with van der Waals surface area (Å²) in [5, 5.41) is 5.47. The Hall–Kier alpha value is -3.68. The molecular weight excluding hydrogens is 446 g/mol. The van der Waals surface area contributed by atoms with E-state index < -0.39 is 29.9 Å². The summed E-state index contributed by atoms with van der Waals surface area (Å²) in [5.41, 5.74) is 1.92. The molecule has 0 saturated heterocycles. The van der Waals surface area contributed by atoms with Gasteiger partial charge in [-0.25, -0.2) is 9.78 Å². The summed E-state index contributed by atoms with van der Waals surface area (Å²) in [7, 11) is 0. The molecule has 2 aromatic carbocycles. The molecule has 1 aromatic heterocycles. The summed E-state index contributed by atoms with van der Waals surface area (Å²) in [6.45, 7) is 7.92. The van der Waals surface area contributed by atoms with Gasteiger partial charge in [0.05, 0.1) is 6.04 Å². The Morgan fingerprint density at radius 2 is 1.49 bits per heavy atom. The molecule has 0 spiro atoms. The van der Waals surface area contributed by atoms with E-state index in [0.29, 0.717) is 23.9 Å². The minimum absolute atomic E-state index is 0.0483. The summed E-state index contributed by atoms with van der Waals surface area (Å²) in [5.74, 6) is -0.658. The van der Waals surface area contributed by atoms with Gasteiger partial charge in [0.15, 0.2) is 5.58 Å². The standard InChI is InChI=1S/C27H33N3O5/c1-17(2)14-21(24(31)26-29-20-12-8-9-13-23(20)35-26)28-25(32)22(15-18(3)4)30-27(33)34-16-19-10-6-5-7-11-19/h5-13,17-18,21-22H,14-16H2,1-4H3,(H,28,32)(H,30,33)/t21-,22-/m0/s1. The second-order valence-electron chi connectivity index (χ2n) is 9.43. The Labute approximate surface area is 205 Å². The first-order chi connectivity index (χ1) is 16.7. The van der Waals surface area contributed by atoms with Gasteiger partial charge in [-0.05, 0) is 42.4 Å². The fourth-order valence-electron chi connectivity index (χ4n) is 3.71. The maximum Gasteiger partial charge on any atom is 0.408 e. The molecule has 0 radical (unpaired) electrons. The molecule has 0 unspecified atom stereocenters. The zero-order chi connectivity index (χ0) is 25.4. The number of amides is 2. The summed E-state index contributed by atoms with van der Waals surface area (Å²) in [4.78, 5) is 43.1. The van der Waals surface area contributed by atoms with Crippen LogP contribution in [0, 0.1) is 11.8 Å². The van der Waals surface area contributed by atoms with Crippen LogP contribution in [-0.2, 0) is 16.1 Å². The predicted octanol–water partition coefficient (Wildman–Crippen LogP) is 4.88. The van der Waals surface area contributed by atoms with Crippen LogP contribution in [0.1, 0.15) is 56.8 Å². The van der Waals surface area contributed by atoms with Gasteiger partial charge in [-0.1, -0.05) is 70.2 Å². The van der Waals surface area contributed by atoms with E-state index in [2.05, 4.69) is 15.6 Å². The monoisotopic (exact) mass is 479 g/mol. The summed E-state index contributed by atoms with van der Waals surface area (Å²) in [6.07, 6.45) is 0.0915. The van der Waals surface area contributed by atoms with Crippen LogP contribution in [0.3, 0.4) is 0 Å². The molecule has 0 fully saturated rings.